The highest BCUT2D eigenvalue weighted by Crippen LogP contribution is 2.08. The van der Waals surface area contributed by atoms with Crippen LogP contribution in [0.4, 0.5) is 0 Å². The van der Waals surface area contributed by atoms with Gasteiger partial charge in [-0.25, -0.2) is 0 Å². The molecule has 1 rings (SSSR count). The third kappa shape index (κ3) is 2.31. The molecule has 1 saturated heterocycles. The summed E-state index contributed by atoms with van der Waals surface area (Å²) >= 11 is 0. The van der Waals surface area contributed by atoms with E-state index in [2.05, 4.69) is 5.32 Å². The lowest BCUT2D eigenvalue weighted by atomic mass is 10.0. The lowest BCUT2D eigenvalue weighted by Crippen LogP contribution is -2.33. The van der Waals surface area contributed by atoms with Crippen LogP contribution in [0.1, 0.15) is 12.8 Å². The number of piperidine rings is 1. The third-order valence-corrected chi connectivity index (χ3v) is 1.81. The number of nitrogens with zero attached hydrogens (tertiary/aromatic N) is 1. The molecule has 1 unspecified atom stereocenters. The molecule has 58 valence electrons. The van der Waals surface area contributed by atoms with Gasteiger partial charge in [0.2, 0.25) is 6.54 Å². The van der Waals surface area contributed by atoms with Crippen molar-refractivity contribution in [3.05, 3.63) is 10.1 Å². The minimum atomic E-state index is -0.225. The number of hydrogen-bond acceptors (Lipinski definition) is 3. The lowest BCUT2D eigenvalue weighted by molar-refractivity contribution is -0.488. The molecule has 0 radical (unpaired) electrons. The predicted octanol–water partition coefficient (Wildman–Crippen LogP) is 0.263. The highest BCUT2D eigenvalue weighted by molar-refractivity contribution is 4.67. The van der Waals surface area contributed by atoms with E-state index < -0.39 is 0 Å². The second kappa shape index (κ2) is 3.51. The Morgan fingerprint density at radius 2 is 2.50 bits per heavy atom. The zero-order valence-electron chi connectivity index (χ0n) is 5.88. The van der Waals surface area contributed by atoms with Gasteiger partial charge in [-0.1, -0.05) is 0 Å². The second-order valence-corrected chi connectivity index (χ2v) is 2.73. The van der Waals surface area contributed by atoms with Crippen molar-refractivity contribution in [3.8, 4) is 0 Å². The molecule has 1 aliphatic rings. The number of hydrogen-bond donors (Lipinski definition) is 1. The van der Waals surface area contributed by atoms with Crippen LogP contribution in [-0.4, -0.2) is 24.6 Å². The van der Waals surface area contributed by atoms with Crippen molar-refractivity contribution in [2.24, 2.45) is 5.92 Å². The summed E-state index contributed by atoms with van der Waals surface area (Å²) in [6, 6.07) is 0. The predicted molar refractivity (Wildman–Crippen MR) is 37.5 cm³/mol. The Morgan fingerprint density at radius 1 is 1.70 bits per heavy atom. The van der Waals surface area contributed by atoms with Gasteiger partial charge in [-0.3, -0.25) is 10.1 Å². The quantitative estimate of drug-likeness (QED) is 0.447. The summed E-state index contributed by atoms with van der Waals surface area (Å²) in [6.45, 7) is 1.97. The average Bonchev–Trinajstić information content (AvgIpc) is 1.88. The maximum Gasteiger partial charge on any atom is 0.207 e. The Balaban J connectivity index is 2.19. The zero-order chi connectivity index (χ0) is 7.40. The van der Waals surface area contributed by atoms with Crippen molar-refractivity contribution in [2.45, 2.75) is 12.8 Å². The molecule has 0 aromatic rings. The van der Waals surface area contributed by atoms with Crippen LogP contribution in [0.5, 0.6) is 0 Å². The Labute approximate surface area is 59.8 Å². The SMILES string of the molecule is O=[N+]([O-])CC1CCCNC1. The Kier molecular flexibility index (Phi) is 2.62. The van der Waals surface area contributed by atoms with Gasteiger partial charge >= 0.3 is 0 Å². The first kappa shape index (κ1) is 7.47. The largest absolute Gasteiger partial charge is 0.316 e. The maximum atomic E-state index is 10.0. The van der Waals surface area contributed by atoms with Crippen molar-refractivity contribution in [1.29, 1.82) is 0 Å². The fourth-order valence-corrected chi connectivity index (χ4v) is 1.29. The Morgan fingerprint density at radius 3 is 3.00 bits per heavy atom. The molecule has 1 atom stereocenters. The van der Waals surface area contributed by atoms with Crippen LogP contribution in [0.25, 0.3) is 0 Å². The smallest absolute Gasteiger partial charge is 0.207 e. The van der Waals surface area contributed by atoms with E-state index in [1.165, 1.54) is 0 Å². The molecule has 1 aliphatic heterocycles. The first-order valence-electron chi connectivity index (χ1n) is 3.61. The molecule has 1 fully saturated rings. The van der Waals surface area contributed by atoms with Gasteiger partial charge in [0.25, 0.3) is 0 Å². The maximum absolute atomic E-state index is 10.0. The van der Waals surface area contributed by atoms with E-state index in [0.717, 1.165) is 25.9 Å². The highest BCUT2D eigenvalue weighted by Gasteiger charge is 2.17. The van der Waals surface area contributed by atoms with Crippen LogP contribution in [0, 0.1) is 16.0 Å². The lowest BCUT2D eigenvalue weighted by Gasteiger charge is -2.18. The zero-order valence-corrected chi connectivity index (χ0v) is 5.88. The summed E-state index contributed by atoms with van der Waals surface area (Å²) in [6.07, 6.45) is 2.09. The molecule has 10 heavy (non-hydrogen) atoms. The van der Waals surface area contributed by atoms with Crippen LogP contribution in [0.3, 0.4) is 0 Å². The monoisotopic (exact) mass is 144 g/mol. The van der Waals surface area contributed by atoms with Crippen molar-refractivity contribution in [2.75, 3.05) is 19.6 Å². The molecule has 0 bridgehead atoms. The van der Waals surface area contributed by atoms with Crippen molar-refractivity contribution in [1.82, 2.24) is 5.32 Å². The summed E-state index contributed by atoms with van der Waals surface area (Å²) in [7, 11) is 0. The van der Waals surface area contributed by atoms with Crippen molar-refractivity contribution < 1.29 is 4.92 Å². The van der Waals surface area contributed by atoms with Crippen molar-refractivity contribution in [3.63, 3.8) is 0 Å². The standard InChI is InChI=1S/C6H12N2O2/c9-8(10)5-6-2-1-3-7-4-6/h6-7H,1-5H2. The molecule has 4 nitrogen and oxygen atoms in total. The van der Waals surface area contributed by atoms with Gasteiger partial charge in [0.15, 0.2) is 0 Å². The van der Waals surface area contributed by atoms with Crippen LogP contribution in [-0.2, 0) is 0 Å². The molecule has 0 aromatic heterocycles. The van der Waals surface area contributed by atoms with Gasteiger partial charge in [-0.15, -0.1) is 0 Å². The van der Waals surface area contributed by atoms with Crippen molar-refractivity contribution >= 4 is 0 Å². The van der Waals surface area contributed by atoms with Crippen LogP contribution in [0.15, 0.2) is 0 Å². The summed E-state index contributed by atoms with van der Waals surface area (Å²) in [4.78, 5) is 9.82. The molecule has 4 heteroatoms. The van der Waals surface area contributed by atoms with E-state index in [4.69, 9.17) is 0 Å². The molecule has 1 N–H and O–H groups in total. The van der Waals surface area contributed by atoms with Gasteiger partial charge in [-0.2, -0.15) is 0 Å². The first-order chi connectivity index (χ1) is 4.79. The molecule has 1 heterocycles. The van der Waals surface area contributed by atoms with E-state index in [1.54, 1.807) is 0 Å². The van der Waals surface area contributed by atoms with E-state index >= 15 is 0 Å². The second-order valence-electron chi connectivity index (χ2n) is 2.73. The molecule has 0 saturated carbocycles. The highest BCUT2D eigenvalue weighted by atomic mass is 16.6. The molecule has 0 aromatic carbocycles. The Hall–Kier alpha value is -0.640. The Bertz CT molecular complexity index is 121. The normalized spacial score (nSPS) is 26.2. The van der Waals surface area contributed by atoms with E-state index in [0.29, 0.717) is 0 Å². The van der Waals surface area contributed by atoms with E-state index in [1.807, 2.05) is 0 Å². The topological polar surface area (TPSA) is 55.2 Å². The van der Waals surface area contributed by atoms with Crippen LogP contribution >= 0.6 is 0 Å². The summed E-state index contributed by atoms with van der Waals surface area (Å²) in [5.74, 6) is 0.267. The fourth-order valence-electron chi connectivity index (χ4n) is 1.29. The molecular weight excluding hydrogens is 132 g/mol. The third-order valence-electron chi connectivity index (χ3n) is 1.81. The number of nitro groups is 1. The molecule has 0 aliphatic carbocycles. The first-order valence-corrected chi connectivity index (χ1v) is 3.61. The van der Waals surface area contributed by atoms with Gasteiger partial charge in [0, 0.05) is 17.4 Å². The average molecular weight is 144 g/mol. The minimum Gasteiger partial charge on any atom is -0.316 e. The fraction of sp³-hybridized carbons (Fsp3) is 1.00. The number of nitrogens with one attached hydrogen (secondary N) is 1. The summed E-state index contributed by atoms with van der Waals surface area (Å²) in [5.41, 5.74) is 0. The number of rotatable bonds is 2. The van der Waals surface area contributed by atoms with Gasteiger partial charge in [-0.05, 0) is 19.4 Å². The minimum absolute atomic E-state index is 0.132. The summed E-state index contributed by atoms with van der Waals surface area (Å²) < 4.78 is 0. The van der Waals surface area contributed by atoms with Crippen LogP contribution < -0.4 is 5.32 Å². The van der Waals surface area contributed by atoms with Gasteiger partial charge < -0.3 is 5.32 Å². The molecular formula is C6H12N2O2. The summed E-state index contributed by atoms with van der Waals surface area (Å²) in [5, 5.41) is 13.2. The molecule has 0 amide bonds. The van der Waals surface area contributed by atoms with Gasteiger partial charge in [0.05, 0.1) is 0 Å². The van der Waals surface area contributed by atoms with Gasteiger partial charge in [0.1, 0.15) is 0 Å². The van der Waals surface area contributed by atoms with E-state index in [-0.39, 0.29) is 17.4 Å². The van der Waals surface area contributed by atoms with Crippen LogP contribution in [0.2, 0.25) is 0 Å². The molecule has 0 spiro atoms. The van der Waals surface area contributed by atoms with E-state index in [9.17, 15) is 10.1 Å².